The zero-order valence-corrected chi connectivity index (χ0v) is 19.4. The van der Waals surface area contributed by atoms with Gasteiger partial charge in [-0.3, -0.25) is 19.3 Å². The molecule has 0 spiro atoms. The fourth-order valence-corrected chi connectivity index (χ4v) is 4.65. The van der Waals surface area contributed by atoms with Crippen LogP contribution in [0.2, 0.25) is 0 Å². The Morgan fingerprint density at radius 3 is 1.89 bits per heavy atom. The van der Waals surface area contributed by atoms with Gasteiger partial charge in [0.25, 0.3) is 11.8 Å². The maximum atomic E-state index is 13.1. The van der Waals surface area contributed by atoms with Gasteiger partial charge < -0.3 is 10.6 Å². The molecule has 0 bridgehead atoms. The quantitative estimate of drug-likeness (QED) is 0.317. The lowest BCUT2D eigenvalue weighted by Crippen LogP contribution is -2.42. The minimum absolute atomic E-state index is 0.100. The molecule has 3 amide bonds. The average molecular weight is 464 g/mol. The van der Waals surface area contributed by atoms with Crippen molar-refractivity contribution in [3.8, 4) is 11.1 Å². The highest BCUT2D eigenvalue weighted by molar-refractivity contribution is 6.25. The lowest BCUT2D eigenvalue weighted by molar-refractivity contribution is -0.116. The third-order valence-corrected chi connectivity index (χ3v) is 6.42. The second-order valence-electron chi connectivity index (χ2n) is 8.66. The topological polar surface area (TPSA) is 83.7 Å². The average Bonchev–Trinajstić information content (AvgIpc) is 2.87. The van der Waals surface area contributed by atoms with Crippen molar-refractivity contribution in [1.82, 2.24) is 4.90 Å². The van der Waals surface area contributed by atoms with Crippen molar-refractivity contribution in [3.05, 3.63) is 96.1 Å². The number of carbonyl (C=O) groups excluding carboxylic acids is 3. The van der Waals surface area contributed by atoms with Gasteiger partial charge in [-0.1, -0.05) is 48.5 Å². The van der Waals surface area contributed by atoms with Crippen molar-refractivity contribution in [2.24, 2.45) is 0 Å². The number of anilines is 2. The number of benzene rings is 4. The van der Waals surface area contributed by atoms with Crippen LogP contribution in [0.1, 0.15) is 34.1 Å². The molecule has 0 atom stereocenters. The van der Waals surface area contributed by atoms with Crippen LogP contribution in [0, 0.1) is 0 Å². The van der Waals surface area contributed by atoms with Crippen molar-refractivity contribution in [3.63, 3.8) is 0 Å². The Balaban J connectivity index is 1.30. The number of hydrogen-bond acceptors (Lipinski definition) is 4. The first-order valence-electron chi connectivity index (χ1n) is 11.6. The van der Waals surface area contributed by atoms with Crippen LogP contribution in [0.5, 0.6) is 0 Å². The number of imide groups is 1. The van der Waals surface area contributed by atoms with Crippen LogP contribution in [0.4, 0.5) is 11.4 Å². The van der Waals surface area contributed by atoms with E-state index in [0.717, 1.165) is 22.2 Å². The van der Waals surface area contributed by atoms with Gasteiger partial charge in [0.15, 0.2) is 0 Å². The van der Waals surface area contributed by atoms with Crippen molar-refractivity contribution in [2.75, 3.05) is 23.7 Å². The monoisotopic (exact) mass is 463 g/mol. The lowest BCUT2D eigenvalue weighted by Gasteiger charge is -2.28. The molecular formula is C29H25N3O3. The van der Waals surface area contributed by atoms with E-state index in [9.17, 15) is 14.4 Å². The summed E-state index contributed by atoms with van der Waals surface area (Å²) < 4.78 is 0. The molecule has 0 saturated heterocycles. The summed E-state index contributed by atoms with van der Waals surface area (Å²) in [7, 11) is 0. The molecule has 1 aliphatic rings. The molecule has 5 rings (SSSR count). The molecule has 0 fully saturated rings. The molecule has 0 unspecified atom stereocenters. The number of amides is 3. The van der Waals surface area contributed by atoms with Gasteiger partial charge in [-0.05, 0) is 59.3 Å². The van der Waals surface area contributed by atoms with Gasteiger partial charge in [-0.15, -0.1) is 0 Å². The summed E-state index contributed by atoms with van der Waals surface area (Å²) in [5.74, 6) is -0.681. The Hall–Kier alpha value is -4.45. The fourth-order valence-electron chi connectivity index (χ4n) is 4.65. The normalized spacial score (nSPS) is 12.8. The summed E-state index contributed by atoms with van der Waals surface area (Å²) in [6.45, 7) is 2.14. The largest absolute Gasteiger partial charge is 0.399 e. The second kappa shape index (κ2) is 9.06. The smallest absolute Gasteiger partial charge is 0.261 e. The zero-order valence-electron chi connectivity index (χ0n) is 19.4. The number of nitrogens with two attached hydrogens (primary N) is 1. The Bertz CT molecular complexity index is 1390. The summed E-state index contributed by atoms with van der Waals surface area (Å²) in [5.41, 5.74) is 10.4. The molecule has 6 heteroatoms. The van der Waals surface area contributed by atoms with Crippen LogP contribution in [-0.2, 0) is 4.79 Å². The number of carbonyl (C=O) groups is 3. The first kappa shape index (κ1) is 22.3. The van der Waals surface area contributed by atoms with Crippen molar-refractivity contribution < 1.29 is 14.4 Å². The zero-order chi connectivity index (χ0) is 24.5. The van der Waals surface area contributed by atoms with E-state index in [0.29, 0.717) is 35.2 Å². The Kier molecular flexibility index (Phi) is 5.79. The molecule has 1 heterocycles. The highest BCUT2D eigenvalue weighted by atomic mass is 16.2. The van der Waals surface area contributed by atoms with E-state index >= 15 is 0 Å². The number of rotatable bonds is 6. The molecule has 1 aliphatic heterocycles. The molecule has 0 aliphatic carbocycles. The fraction of sp³-hybridized carbons (Fsp3) is 0.138. The van der Waals surface area contributed by atoms with E-state index in [1.54, 1.807) is 17.0 Å². The predicted molar refractivity (Wildman–Crippen MR) is 138 cm³/mol. The van der Waals surface area contributed by atoms with E-state index in [4.69, 9.17) is 5.73 Å². The van der Waals surface area contributed by atoms with Crippen LogP contribution < -0.4 is 10.6 Å². The van der Waals surface area contributed by atoms with E-state index < -0.39 is 0 Å². The van der Waals surface area contributed by atoms with Gasteiger partial charge in [-0.25, -0.2) is 0 Å². The van der Waals surface area contributed by atoms with Crippen molar-refractivity contribution in [2.45, 2.75) is 13.3 Å². The number of nitrogens with zero attached hydrogens (tertiary/aromatic N) is 2. The van der Waals surface area contributed by atoms with Gasteiger partial charge in [0.1, 0.15) is 0 Å². The Morgan fingerprint density at radius 2 is 1.34 bits per heavy atom. The molecule has 0 radical (unpaired) electrons. The molecule has 0 aromatic heterocycles. The van der Waals surface area contributed by atoms with Gasteiger partial charge in [0, 0.05) is 47.9 Å². The van der Waals surface area contributed by atoms with E-state index in [-0.39, 0.29) is 24.3 Å². The first-order valence-corrected chi connectivity index (χ1v) is 11.6. The second-order valence-corrected chi connectivity index (χ2v) is 8.66. The molecule has 35 heavy (non-hydrogen) atoms. The summed E-state index contributed by atoms with van der Waals surface area (Å²) >= 11 is 0. The van der Waals surface area contributed by atoms with Gasteiger partial charge >= 0.3 is 0 Å². The maximum absolute atomic E-state index is 13.1. The Morgan fingerprint density at radius 1 is 0.800 bits per heavy atom. The summed E-state index contributed by atoms with van der Waals surface area (Å²) in [6, 6.07) is 26.4. The third-order valence-electron chi connectivity index (χ3n) is 6.42. The van der Waals surface area contributed by atoms with E-state index in [1.165, 1.54) is 11.8 Å². The van der Waals surface area contributed by atoms with Crippen molar-refractivity contribution >= 4 is 39.9 Å². The Labute approximate surface area is 203 Å². The summed E-state index contributed by atoms with van der Waals surface area (Å²) in [6.07, 6.45) is 0.467. The standard InChI is InChI=1S/C29H25N3O3/c1-19(33)31(24-15-11-21(12-16-24)20-9-13-23(30)14-10-20)17-4-18-32-28(34)25-7-2-5-22-6-3-8-26(27(22)25)29(32)35/h2-3,5-16H,4,17-18,30H2,1H3. The van der Waals surface area contributed by atoms with Crippen LogP contribution in [0.25, 0.3) is 21.9 Å². The van der Waals surface area contributed by atoms with Crippen LogP contribution in [0.3, 0.4) is 0 Å². The third kappa shape index (κ3) is 4.15. The number of hydrogen-bond donors (Lipinski definition) is 1. The molecule has 6 nitrogen and oxygen atoms in total. The van der Waals surface area contributed by atoms with Crippen LogP contribution in [0.15, 0.2) is 84.9 Å². The molecular weight excluding hydrogens is 438 g/mol. The van der Waals surface area contributed by atoms with E-state index in [2.05, 4.69) is 0 Å². The molecule has 2 N–H and O–H groups in total. The van der Waals surface area contributed by atoms with Gasteiger partial charge in [0.2, 0.25) is 5.91 Å². The van der Waals surface area contributed by atoms with Crippen molar-refractivity contribution in [1.29, 1.82) is 0 Å². The maximum Gasteiger partial charge on any atom is 0.261 e. The van der Waals surface area contributed by atoms with Crippen LogP contribution in [-0.4, -0.2) is 35.7 Å². The highest BCUT2D eigenvalue weighted by Gasteiger charge is 2.32. The lowest BCUT2D eigenvalue weighted by atomic mass is 9.94. The van der Waals surface area contributed by atoms with Gasteiger partial charge in [-0.2, -0.15) is 0 Å². The molecule has 4 aromatic rings. The summed E-state index contributed by atoms with van der Waals surface area (Å²) in [5, 5.41) is 1.60. The predicted octanol–water partition coefficient (Wildman–Crippen LogP) is 5.13. The minimum atomic E-state index is -0.290. The summed E-state index contributed by atoms with van der Waals surface area (Å²) in [4.78, 5) is 41.6. The number of nitrogen functional groups attached to an aromatic ring is 1. The highest BCUT2D eigenvalue weighted by Crippen LogP contribution is 2.30. The molecule has 0 saturated carbocycles. The molecule has 174 valence electrons. The van der Waals surface area contributed by atoms with E-state index in [1.807, 2.05) is 72.8 Å². The van der Waals surface area contributed by atoms with Crippen LogP contribution >= 0.6 is 0 Å². The first-order chi connectivity index (χ1) is 16.9. The minimum Gasteiger partial charge on any atom is -0.399 e. The van der Waals surface area contributed by atoms with Gasteiger partial charge in [0.05, 0.1) is 0 Å². The SMILES string of the molecule is CC(=O)N(CCCN1C(=O)c2cccc3cccc(c23)C1=O)c1ccc(-c2ccc(N)cc2)cc1. The molecule has 4 aromatic carbocycles.